The van der Waals surface area contributed by atoms with Gasteiger partial charge in [-0.25, -0.2) is 4.98 Å². The van der Waals surface area contributed by atoms with E-state index >= 15 is 0 Å². The van der Waals surface area contributed by atoms with Crippen LogP contribution >= 0.6 is 0 Å². The lowest BCUT2D eigenvalue weighted by Gasteiger charge is -2.16. The molecule has 0 fully saturated rings. The summed E-state index contributed by atoms with van der Waals surface area (Å²) in [7, 11) is 0. The predicted molar refractivity (Wildman–Crippen MR) is 76.3 cm³/mol. The Morgan fingerprint density at radius 3 is 2.63 bits per heavy atom. The molecular formula is C15H19N3O. The number of anilines is 1. The molecule has 100 valence electrons. The summed E-state index contributed by atoms with van der Waals surface area (Å²) in [5.41, 5.74) is 2.87. The summed E-state index contributed by atoms with van der Waals surface area (Å²) >= 11 is 0. The largest absolute Gasteiger partial charge is 0.396 e. The standard InChI is InChI=1S/C15H19N3O/c1-11-8-16-12(2)15(18-11)17-9-14(10-19)13-6-4-3-5-7-13/h3-8,14,19H,9-10H2,1-2H3,(H,17,18). The monoisotopic (exact) mass is 257 g/mol. The molecule has 2 rings (SSSR count). The minimum atomic E-state index is 0.0583. The Morgan fingerprint density at radius 1 is 1.21 bits per heavy atom. The van der Waals surface area contributed by atoms with Crippen LogP contribution in [-0.2, 0) is 0 Å². The van der Waals surface area contributed by atoms with E-state index in [0.717, 1.165) is 22.8 Å². The molecule has 0 radical (unpaired) electrons. The van der Waals surface area contributed by atoms with E-state index in [1.165, 1.54) is 0 Å². The minimum Gasteiger partial charge on any atom is -0.396 e. The van der Waals surface area contributed by atoms with Gasteiger partial charge in [-0.2, -0.15) is 0 Å². The van der Waals surface area contributed by atoms with Crippen LogP contribution in [0.3, 0.4) is 0 Å². The van der Waals surface area contributed by atoms with Gasteiger partial charge in [0, 0.05) is 18.7 Å². The Kier molecular flexibility index (Phi) is 4.47. The highest BCUT2D eigenvalue weighted by Gasteiger charge is 2.11. The van der Waals surface area contributed by atoms with E-state index < -0.39 is 0 Å². The average molecular weight is 257 g/mol. The number of aliphatic hydroxyl groups is 1. The maximum atomic E-state index is 9.51. The zero-order chi connectivity index (χ0) is 13.7. The minimum absolute atomic E-state index is 0.0583. The first kappa shape index (κ1) is 13.5. The molecule has 0 saturated heterocycles. The van der Waals surface area contributed by atoms with Crippen LogP contribution in [0, 0.1) is 13.8 Å². The lowest BCUT2D eigenvalue weighted by molar-refractivity contribution is 0.270. The number of nitrogens with zero attached hydrogens (tertiary/aromatic N) is 2. The fourth-order valence-electron chi connectivity index (χ4n) is 1.94. The van der Waals surface area contributed by atoms with E-state index in [1.807, 2.05) is 44.2 Å². The van der Waals surface area contributed by atoms with Crippen LogP contribution in [0.4, 0.5) is 5.82 Å². The van der Waals surface area contributed by atoms with Gasteiger partial charge in [0.25, 0.3) is 0 Å². The molecule has 1 aromatic carbocycles. The van der Waals surface area contributed by atoms with Crippen molar-refractivity contribution in [2.24, 2.45) is 0 Å². The molecule has 4 heteroatoms. The van der Waals surface area contributed by atoms with Gasteiger partial charge in [0.1, 0.15) is 5.82 Å². The molecule has 1 unspecified atom stereocenters. The van der Waals surface area contributed by atoms with Gasteiger partial charge < -0.3 is 10.4 Å². The third-order valence-corrected chi connectivity index (χ3v) is 3.08. The first-order valence-electron chi connectivity index (χ1n) is 6.40. The van der Waals surface area contributed by atoms with E-state index in [1.54, 1.807) is 6.20 Å². The maximum absolute atomic E-state index is 9.51. The zero-order valence-electron chi connectivity index (χ0n) is 11.3. The van der Waals surface area contributed by atoms with Crippen molar-refractivity contribution in [1.82, 2.24) is 9.97 Å². The SMILES string of the molecule is Cc1cnc(C)c(NCC(CO)c2ccccc2)n1. The van der Waals surface area contributed by atoms with E-state index in [4.69, 9.17) is 0 Å². The summed E-state index contributed by atoms with van der Waals surface area (Å²) in [6, 6.07) is 9.99. The lowest BCUT2D eigenvalue weighted by Crippen LogP contribution is -2.17. The van der Waals surface area contributed by atoms with Crippen molar-refractivity contribution in [3.63, 3.8) is 0 Å². The van der Waals surface area contributed by atoms with Crippen molar-refractivity contribution < 1.29 is 5.11 Å². The Labute approximate surface area is 113 Å². The first-order valence-corrected chi connectivity index (χ1v) is 6.40. The highest BCUT2D eigenvalue weighted by Crippen LogP contribution is 2.16. The number of rotatable bonds is 5. The number of aliphatic hydroxyl groups excluding tert-OH is 1. The van der Waals surface area contributed by atoms with Gasteiger partial charge in [-0.15, -0.1) is 0 Å². The van der Waals surface area contributed by atoms with Crippen LogP contribution in [0.5, 0.6) is 0 Å². The molecular weight excluding hydrogens is 238 g/mol. The summed E-state index contributed by atoms with van der Waals surface area (Å²) in [6.07, 6.45) is 1.75. The molecule has 0 aliphatic carbocycles. The molecule has 0 amide bonds. The lowest BCUT2D eigenvalue weighted by atomic mass is 10.0. The molecule has 1 atom stereocenters. The van der Waals surface area contributed by atoms with E-state index in [9.17, 15) is 5.11 Å². The molecule has 0 saturated carbocycles. The van der Waals surface area contributed by atoms with Crippen molar-refractivity contribution in [3.8, 4) is 0 Å². The van der Waals surface area contributed by atoms with Gasteiger partial charge in [-0.3, -0.25) is 4.98 Å². The van der Waals surface area contributed by atoms with Crippen LogP contribution in [-0.4, -0.2) is 28.2 Å². The Hall–Kier alpha value is -1.94. The summed E-state index contributed by atoms with van der Waals surface area (Å²) < 4.78 is 0. The highest BCUT2D eigenvalue weighted by molar-refractivity contribution is 5.40. The number of hydrogen-bond donors (Lipinski definition) is 2. The van der Waals surface area contributed by atoms with Crippen LogP contribution in [0.2, 0.25) is 0 Å². The fourth-order valence-corrected chi connectivity index (χ4v) is 1.94. The highest BCUT2D eigenvalue weighted by atomic mass is 16.3. The third-order valence-electron chi connectivity index (χ3n) is 3.08. The average Bonchev–Trinajstić information content (AvgIpc) is 2.44. The number of hydrogen-bond acceptors (Lipinski definition) is 4. The van der Waals surface area contributed by atoms with Crippen LogP contribution in [0.1, 0.15) is 22.9 Å². The normalized spacial score (nSPS) is 12.2. The topological polar surface area (TPSA) is 58.0 Å². The molecule has 2 aromatic rings. The first-order chi connectivity index (χ1) is 9.20. The second-order valence-corrected chi connectivity index (χ2v) is 4.62. The predicted octanol–water partition coefficient (Wildman–Crippen LogP) is 2.28. The van der Waals surface area contributed by atoms with Gasteiger partial charge in [0.2, 0.25) is 0 Å². The Balaban J connectivity index is 2.06. The van der Waals surface area contributed by atoms with Gasteiger partial charge in [-0.05, 0) is 19.4 Å². The summed E-state index contributed by atoms with van der Waals surface area (Å²) in [5.74, 6) is 0.845. The van der Waals surface area contributed by atoms with Gasteiger partial charge in [0.05, 0.1) is 18.0 Å². The third kappa shape index (κ3) is 3.51. The second kappa shape index (κ2) is 6.29. The quantitative estimate of drug-likeness (QED) is 0.862. The second-order valence-electron chi connectivity index (χ2n) is 4.62. The van der Waals surface area contributed by atoms with E-state index in [-0.39, 0.29) is 12.5 Å². The van der Waals surface area contributed by atoms with E-state index in [2.05, 4.69) is 15.3 Å². The fraction of sp³-hybridized carbons (Fsp3) is 0.333. The Bertz CT molecular complexity index is 528. The van der Waals surface area contributed by atoms with Crippen molar-refractivity contribution in [2.75, 3.05) is 18.5 Å². The van der Waals surface area contributed by atoms with Gasteiger partial charge >= 0.3 is 0 Å². The van der Waals surface area contributed by atoms with Crippen molar-refractivity contribution >= 4 is 5.82 Å². The van der Waals surface area contributed by atoms with Crippen LogP contribution in [0.25, 0.3) is 0 Å². The molecule has 4 nitrogen and oxygen atoms in total. The Morgan fingerprint density at radius 2 is 1.95 bits per heavy atom. The molecule has 1 heterocycles. The van der Waals surface area contributed by atoms with Gasteiger partial charge in [-0.1, -0.05) is 30.3 Å². The molecule has 0 aliphatic heterocycles. The summed E-state index contributed by atoms with van der Waals surface area (Å²) in [5, 5.41) is 12.8. The summed E-state index contributed by atoms with van der Waals surface area (Å²) in [6.45, 7) is 4.58. The van der Waals surface area contributed by atoms with Crippen LogP contribution in [0.15, 0.2) is 36.5 Å². The molecule has 0 bridgehead atoms. The van der Waals surface area contributed by atoms with Crippen molar-refractivity contribution in [1.29, 1.82) is 0 Å². The smallest absolute Gasteiger partial charge is 0.147 e. The molecule has 0 aliphatic rings. The number of aromatic nitrogens is 2. The van der Waals surface area contributed by atoms with Gasteiger partial charge in [0.15, 0.2) is 0 Å². The molecule has 2 N–H and O–H groups in total. The molecule has 1 aromatic heterocycles. The number of aryl methyl sites for hydroxylation is 2. The van der Waals surface area contributed by atoms with Crippen molar-refractivity contribution in [2.45, 2.75) is 19.8 Å². The molecule has 19 heavy (non-hydrogen) atoms. The van der Waals surface area contributed by atoms with Crippen molar-refractivity contribution in [3.05, 3.63) is 53.5 Å². The number of nitrogens with one attached hydrogen (secondary N) is 1. The summed E-state index contributed by atoms with van der Waals surface area (Å²) in [4.78, 5) is 8.69. The maximum Gasteiger partial charge on any atom is 0.147 e. The zero-order valence-corrected chi connectivity index (χ0v) is 11.3. The number of benzene rings is 1. The molecule has 0 spiro atoms. The van der Waals surface area contributed by atoms with Crippen LogP contribution < -0.4 is 5.32 Å². The van der Waals surface area contributed by atoms with E-state index in [0.29, 0.717) is 6.54 Å².